The second-order valence-electron chi connectivity index (χ2n) is 5.62. The molecule has 2 N–H and O–H groups in total. The molecule has 0 bridgehead atoms. The van der Waals surface area contributed by atoms with Gasteiger partial charge in [-0.25, -0.2) is 4.98 Å². The fraction of sp³-hybridized carbons (Fsp3) is 0.235. The van der Waals surface area contributed by atoms with Gasteiger partial charge in [0, 0.05) is 25.0 Å². The Morgan fingerprint density at radius 2 is 2.08 bits per heavy atom. The minimum atomic E-state index is -0.184. The lowest BCUT2D eigenvalue weighted by molar-refractivity contribution is 0.102. The SMILES string of the molecule is O=C(Nc1ccc2nc[nH]c2c1)c1cncc(N2CCOCC2)c1. The highest BCUT2D eigenvalue weighted by molar-refractivity contribution is 6.05. The lowest BCUT2D eigenvalue weighted by Gasteiger charge is -2.28. The normalized spacial score (nSPS) is 14.8. The van der Waals surface area contributed by atoms with Gasteiger partial charge < -0.3 is 19.9 Å². The topological polar surface area (TPSA) is 83.1 Å². The molecule has 0 aliphatic carbocycles. The number of H-pyrrole nitrogens is 1. The number of anilines is 2. The molecule has 1 aliphatic rings. The van der Waals surface area contributed by atoms with E-state index in [1.165, 1.54) is 0 Å². The average Bonchev–Trinajstić information content (AvgIpc) is 3.10. The number of fused-ring (bicyclic) bond motifs is 1. The van der Waals surface area contributed by atoms with E-state index < -0.39 is 0 Å². The first-order valence-electron chi connectivity index (χ1n) is 7.82. The van der Waals surface area contributed by atoms with Crippen LogP contribution < -0.4 is 10.2 Å². The van der Waals surface area contributed by atoms with E-state index in [-0.39, 0.29) is 5.91 Å². The molecule has 4 rings (SSSR count). The van der Waals surface area contributed by atoms with Crippen molar-refractivity contribution >= 4 is 28.3 Å². The number of ether oxygens (including phenoxy) is 1. The van der Waals surface area contributed by atoms with Gasteiger partial charge in [0.25, 0.3) is 5.91 Å². The fourth-order valence-electron chi connectivity index (χ4n) is 2.76. The molecule has 24 heavy (non-hydrogen) atoms. The molecular weight excluding hydrogens is 306 g/mol. The van der Waals surface area contributed by atoms with Gasteiger partial charge in [0.05, 0.1) is 48.0 Å². The highest BCUT2D eigenvalue weighted by atomic mass is 16.5. The Hall–Kier alpha value is -2.93. The van der Waals surface area contributed by atoms with E-state index >= 15 is 0 Å². The number of amides is 1. The predicted molar refractivity (Wildman–Crippen MR) is 91.3 cm³/mol. The number of imidazole rings is 1. The number of carbonyl (C=O) groups excluding carboxylic acids is 1. The van der Waals surface area contributed by atoms with Crippen LogP contribution in [0.2, 0.25) is 0 Å². The summed E-state index contributed by atoms with van der Waals surface area (Å²) in [6.07, 6.45) is 4.98. The summed E-state index contributed by atoms with van der Waals surface area (Å²) in [7, 11) is 0. The van der Waals surface area contributed by atoms with E-state index in [0.29, 0.717) is 24.5 Å². The molecule has 0 spiro atoms. The van der Waals surface area contributed by atoms with Crippen molar-refractivity contribution in [3.05, 3.63) is 48.5 Å². The quantitative estimate of drug-likeness (QED) is 0.771. The minimum absolute atomic E-state index is 0.184. The number of morpholine rings is 1. The average molecular weight is 323 g/mol. The van der Waals surface area contributed by atoms with Crippen LogP contribution in [0.15, 0.2) is 43.0 Å². The summed E-state index contributed by atoms with van der Waals surface area (Å²) in [5, 5.41) is 2.90. The molecule has 3 heterocycles. The van der Waals surface area contributed by atoms with Crippen LogP contribution in [0.5, 0.6) is 0 Å². The van der Waals surface area contributed by atoms with Crippen LogP contribution in [0.3, 0.4) is 0 Å². The number of benzene rings is 1. The van der Waals surface area contributed by atoms with Gasteiger partial charge in [0.15, 0.2) is 0 Å². The summed E-state index contributed by atoms with van der Waals surface area (Å²) in [5.41, 5.74) is 3.93. The summed E-state index contributed by atoms with van der Waals surface area (Å²) in [6.45, 7) is 3.01. The Kier molecular flexibility index (Phi) is 3.84. The molecule has 7 heteroatoms. The van der Waals surface area contributed by atoms with E-state index in [2.05, 4.69) is 25.2 Å². The molecule has 0 unspecified atom stereocenters. The van der Waals surface area contributed by atoms with Crippen molar-refractivity contribution in [2.24, 2.45) is 0 Å². The minimum Gasteiger partial charge on any atom is -0.378 e. The highest BCUT2D eigenvalue weighted by Crippen LogP contribution is 2.19. The Morgan fingerprint density at radius 1 is 1.21 bits per heavy atom. The predicted octanol–water partition coefficient (Wildman–Crippen LogP) is 2.05. The summed E-state index contributed by atoms with van der Waals surface area (Å²) in [6, 6.07) is 7.42. The molecule has 0 atom stereocenters. The molecule has 0 radical (unpaired) electrons. The number of rotatable bonds is 3. The van der Waals surface area contributed by atoms with Gasteiger partial charge in [-0.2, -0.15) is 0 Å². The van der Waals surface area contributed by atoms with Gasteiger partial charge in [-0.15, -0.1) is 0 Å². The second kappa shape index (κ2) is 6.29. The highest BCUT2D eigenvalue weighted by Gasteiger charge is 2.14. The molecule has 3 aromatic rings. The van der Waals surface area contributed by atoms with Crippen LogP contribution in [0.1, 0.15) is 10.4 Å². The maximum absolute atomic E-state index is 12.5. The Balaban J connectivity index is 1.53. The van der Waals surface area contributed by atoms with Crippen molar-refractivity contribution in [2.75, 3.05) is 36.5 Å². The van der Waals surface area contributed by atoms with E-state index in [0.717, 1.165) is 29.8 Å². The lowest BCUT2D eigenvalue weighted by atomic mass is 10.2. The number of hydrogen-bond donors (Lipinski definition) is 2. The summed E-state index contributed by atoms with van der Waals surface area (Å²) >= 11 is 0. The maximum Gasteiger partial charge on any atom is 0.257 e. The van der Waals surface area contributed by atoms with Crippen LogP contribution in [-0.4, -0.2) is 47.2 Å². The molecule has 1 saturated heterocycles. The maximum atomic E-state index is 12.5. The molecule has 7 nitrogen and oxygen atoms in total. The van der Waals surface area contributed by atoms with E-state index in [4.69, 9.17) is 4.74 Å². The largest absolute Gasteiger partial charge is 0.378 e. The van der Waals surface area contributed by atoms with Crippen molar-refractivity contribution in [2.45, 2.75) is 0 Å². The number of nitrogens with zero attached hydrogens (tertiary/aromatic N) is 3. The third-order valence-corrected chi connectivity index (χ3v) is 4.04. The summed E-state index contributed by atoms with van der Waals surface area (Å²) in [4.78, 5) is 26.1. The zero-order valence-electron chi connectivity index (χ0n) is 13.0. The number of pyridine rings is 1. The van der Waals surface area contributed by atoms with Crippen LogP contribution in [0, 0.1) is 0 Å². The number of hydrogen-bond acceptors (Lipinski definition) is 5. The van der Waals surface area contributed by atoms with Crippen molar-refractivity contribution in [3.8, 4) is 0 Å². The van der Waals surface area contributed by atoms with Crippen molar-refractivity contribution in [3.63, 3.8) is 0 Å². The third kappa shape index (κ3) is 2.93. The van der Waals surface area contributed by atoms with Gasteiger partial charge in [-0.3, -0.25) is 9.78 Å². The molecule has 0 saturated carbocycles. The van der Waals surface area contributed by atoms with Gasteiger partial charge >= 0.3 is 0 Å². The van der Waals surface area contributed by atoms with Gasteiger partial charge in [-0.1, -0.05) is 0 Å². The van der Waals surface area contributed by atoms with E-state index in [1.807, 2.05) is 24.3 Å². The fourth-order valence-corrected chi connectivity index (χ4v) is 2.76. The Bertz CT molecular complexity index is 870. The summed E-state index contributed by atoms with van der Waals surface area (Å²) in [5.74, 6) is -0.184. The van der Waals surface area contributed by atoms with Crippen molar-refractivity contribution in [1.29, 1.82) is 0 Å². The summed E-state index contributed by atoms with van der Waals surface area (Å²) < 4.78 is 5.36. The molecule has 1 aliphatic heterocycles. The van der Waals surface area contributed by atoms with E-state index in [9.17, 15) is 4.79 Å². The first-order valence-corrected chi connectivity index (χ1v) is 7.82. The van der Waals surface area contributed by atoms with Gasteiger partial charge in [0.2, 0.25) is 0 Å². The van der Waals surface area contributed by atoms with Crippen molar-refractivity contribution < 1.29 is 9.53 Å². The molecule has 1 amide bonds. The first kappa shape index (κ1) is 14.6. The van der Waals surface area contributed by atoms with Crippen LogP contribution in [0.4, 0.5) is 11.4 Å². The third-order valence-electron chi connectivity index (χ3n) is 4.04. The first-order chi connectivity index (χ1) is 11.8. The van der Waals surface area contributed by atoms with Crippen molar-refractivity contribution in [1.82, 2.24) is 15.0 Å². The number of aromatic amines is 1. The zero-order valence-corrected chi connectivity index (χ0v) is 13.0. The second-order valence-corrected chi connectivity index (χ2v) is 5.62. The zero-order chi connectivity index (χ0) is 16.4. The molecule has 2 aromatic heterocycles. The monoisotopic (exact) mass is 323 g/mol. The van der Waals surface area contributed by atoms with Crippen LogP contribution >= 0.6 is 0 Å². The van der Waals surface area contributed by atoms with E-state index in [1.54, 1.807) is 18.7 Å². The number of nitrogens with one attached hydrogen (secondary N) is 2. The lowest BCUT2D eigenvalue weighted by Crippen LogP contribution is -2.36. The molecule has 122 valence electrons. The Labute approximate surface area is 138 Å². The van der Waals surface area contributed by atoms with Crippen LogP contribution in [0.25, 0.3) is 11.0 Å². The van der Waals surface area contributed by atoms with Gasteiger partial charge in [-0.05, 0) is 24.3 Å². The number of carbonyl (C=O) groups is 1. The molecule has 1 fully saturated rings. The Morgan fingerprint density at radius 3 is 2.96 bits per heavy atom. The molecule has 1 aromatic carbocycles. The smallest absolute Gasteiger partial charge is 0.257 e. The standard InChI is InChI=1S/C17H17N5O2/c23-17(21-13-1-2-15-16(8-13)20-11-19-15)12-7-14(10-18-9-12)22-3-5-24-6-4-22/h1-2,7-11H,3-6H2,(H,19,20)(H,21,23). The molecular formula is C17H17N5O2. The van der Waals surface area contributed by atoms with Gasteiger partial charge in [0.1, 0.15) is 0 Å². The van der Waals surface area contributed by atoms with Crippen LogP contribution in [-0.2, 0) is 4.74 Å². The number of aromatic nitrogens is 3.